The quantitative estimate of drug-likeness (QED) is 0.326. The van der Waals surface area contributed by atoms with Crippen molar-refractivity contribution in [1.82, 2.24) is 19.6 Å². The van der Waals surface area contributed by atoms with E-state index in [0.717, 1.165) is 54.7 Å². The van der Waals surface area contributed by atoms with Gasteiger partial charge >= 0.3 is 0 Å². The van der Waals surface area contributed by atoms with Crippen LogP contribution >= 0.6 is 0 Å². The van der Waals surface area contributed by atoms with Crippen LogP contribution in [0.2, 0.25) is 0 Å². The van der Waals surface area contributed by atoms with Gasteiger partial charge in [0.25, 0.3) is 0 Å². The van der Waals surface area contributed by atoms with E-state index >= 15 is 0 Å². The molecular formula is C29H34N4O3. The molecule has 3 saturated heterocycles. The predicted octanol–water partition coefficient (Wildman–Crippen LogP) is 5.16. The molecule has 3 aliphatic rings. The van der Waals surface area contributed by atoms with Gasteiger partial charge in [-0.2, -0.15) is 5.10 Å². The van der Waals surface area contributed by atoms with Gasteiger partial charge in [-0.1, -0.05) is 0 Å². The Kier molecular flexibility index (Phi) is 6.42. The molecule has 0 N–H and O–H groups in total. The maximum absolute atomic E-state index is 5.67. The Labute approximate surface area is 212 Å². The average Bonchev–Trinajstić information content (AvgIpc) is 3.68. The van der Waals surface area contributed by atoms with E-state index in [1.807, 2.05) is 24.3 Å². The van der Waals surface area contributed by atoms with E-state index in [1.54, 1.807) is 19.6 Å². The minimum Gasteiger partial charge on any atom is -0.497 e. The van der Waals surface area contributed by atoms with Gasteiger partial charge in [0.05, 0.1) is 38.4 Å². The highest BCUT2D eigenvalue weighted by atomic mass is 16.5. The number of benzene rings is 1. The molecule has 3 fully saturated rings. The standard InChI is InChI=1S/C29H34N4O3/c1-31-29(16-28(30-31)21-7-9-24(34-2)10-8-21)27-20-33-12-11-22(27)15-23(33)17-32(18-25-5-3-13-35-25)19-26-6-4-14-36-26/h3-10,13-14,16,22-23,27H,11-12,15,17-20H2,1-2H3/t22-,23+,27-/m0/s1. The molecule has 7 heteroatoms. The zero-order valence-electron chi connectivity index (χ0n) is 21.0. The van der Waals surface area contributed by atoms with Crippen LogP contribution in [0.25, 0.3) is 11.3 Å². The van der Waals surface area contributed by atoms with Crippen LogP contribution in [0, 0.1) is 5.92 Å². The predicted molar refractivity (Wildman–Crippen MR) is 138 cm³/mol. The minimum atomic E-state index is 0.517. The van der Waals surface area contributed by atoms with Crippen LogP contribution in [0.15, 0.2) is 76.0 Å². The van der Waals surface area contributed by atoms with Gasteiger partial charge in [-0.15, -0.1) is 0 Å². The molecule has 0 amide bonds. The molecular weight excluding hydrogens is 452 g/mol. The second-order valence-corrected chi connectivity index (χ2v) is 10.2. The number of rotatable bonds is 9. The SMILES string of the molecule is COc1ccc(-c2cc([C@H]3CN4CC[C@H]3C[C@@H]4CN(Cc3ccco3)Cc3ccco3)n(C)n2)cc1. The van der Waals surface area contributed by atoms with Gasteiger partial charge in [-0.3, -0.25) is 14.5 Å². The first kappa shape index (κ1) is 23.1. The first-order valence-electron chi connectivity index (χ1n) is 12.9. The largest absolute Gasteiger partial charge is 0.497 e. The zero-order chi connectivity index (χ0) is 24.5. The molecule has 4 aromatic rings. The molecule has 2 bridgehead atoms. The van der Waals surface area contributed by atoms with Crippen LogP contribution in [-0.2, 0) is 20.1 Å². The second-order valence-electron chi connectivity index (χ2n) is 10.2. The molecule has 0 spiro atoms. The van der Waals surface area contributed by atoms with Crippen molar-refractivity contribution in [3.05, 3.63) is 84.3 Å². The molecule has 36 heavy (non-hydrogen) atoms. The van der Waals surface area contributed by atoms with Crippen LogP contribution in [-0.4, -0.2) is 52.4 Å². The maximum Gasteiger partial charge on any atom is 0.118 e. The Morgan fingerprint density at radius 3 is 2.33 bits per heavy atom. The van der Waals surface area contributed by atoms with Gasteiger partial charge in [-0.25, -0.2) is 0 Å². The summed E-state index contributed by atoms with van der Waals surface area (Å²) >= 11 is 0. The first-order chi connectivity index (χ1) is 17.7. The van der Waals surface area contributed by atoms with Crippen molar-refractivity contribution in [2.75, 3.05) is 26.7 Å². The molecule has 3 aromatic heterocycles. The lowest BCUT2D eigenvalue weighted by Crippen LogP contribution is -2.56. The van der Waals surface area contributed by atoms with Crippen molar-refractivity contribution in [2.45, 2.75) is 37.9 Å². The fraction of sp³-hybridized carbons (Fsp3) is 0.414. The van der Waals surface area contributed by atoms with Crippen molar-refractivity contribution in [2.24, 2.45) is 13.0 Å². The summed E-state index contributed by atoms with van der Waals surface area (Å²) in [5.41, 5.74) is 3.51. The number of furan rings is 2. The Hall–Kier alpha value is -3.29. The van der Waals surface area contributed by atoms with Gasteiger partial charge < -0.3 is 13.6 Å². The molecule has 1 unspecified atom stereocenters. The highest BCUT2D eigenvalue weighted by molar-refractivity contribution is 5.60. The maximum atomic E-state index is 5.67. The van der Waals surface area contributed by atoms with Gasteiger partial charge in [-0.05, 0) is 79.9 Å². The second kappa shape index (κ2) is 9.99. The van der Waals surface area contributed by atoms with Crippen molar-refractivity contribution in [1.29, 1.82) is 0 Å². The Balaban J connectivity index is 1.16. The smallest absolute Gasteiger partial charge is 0.118 e. The molecule has 188 valence electrons. The number of nitrogens with zero attached hydrogens (tertiary/aromatic N) is 4. The summed E-state index contributed by atoms with van der Waals surface area (Å²) in [4.78, 5) is 5.16. The van der Waals surface area contributed by atoms with Crippen molar-refractivity contribution < 1.29 is 13.6 Å². The summed E-state index contributed by atoms with van der Waals surface area (Å²) in [7, 11) is 3.79. The molecule has 7 nitrogen and oxygen atoms in total. The average molecular weight is 487 g/mol. The first-order valence-corrected chi connectivity index (χ1v) is 12.9. The van der Waals surface area contributed by atoms with E-state index in [-0.39, 0.29) is 0 Å². The van der Waals surface area contributed by atoms with Crippen LogP contribution in [0.1, 0.15) is 36.0 Å². The molecule has 7 rings (SSSR count). The highest BCUT2D eigenvalue weighted by Gasteiger charge is 2.42. The lowest BCUT2D eigenvalue weighted by molar-refractivity contribution is 0.00571. The number of aromatic nitrogens is 2. The minimum absolute atomic E-state index is 0.517. The Morgan fingerprint density at radius 1 is 1.03 bits per heavy atom. The molecule has 6 heterocycles. The summed E-state index contributed by atoms with van der Waals surface area (Å²) < 4.78 is 18.8. The summed E-state index contributed by atoms with van der Waals surface area (Å²) in [5.74, 6) is 4.05. The number of piperidine rings is 3. The number of hydrogen-bond donors (Lipinski definition) is 0. The highest BCUT2D eigenvalue weighted by Crippen LogP contribution is 2.43. The van der Waals surface area contributed by atoms with Gasteiger partial charge in [0.15, 0.2) is 0 Å². The third-order valence-corrected chi connectivity index (χ3v) is 7.95. The van der Waals surface area contributed by atoms with Crippen LogP contribution in [0.5, 0.6) is 5.75 Å². The number of methoxy groups -OCH3 is 1. The summed E-state index contributed by atoms with van der Waals surface area (Å²) in [6.45, 7) is 4.85. The fourth-order valence-electron chi connectivity index (χ4n) is 6.12. The van der Waals surface area contributed by atoms with E-state index in [0.29, 0.717) is 17.9 Å². The Bertz CT molecular complexity index is 1210. The molecule has 0 saturated carbocycles. The fourth-order valence-corrected chi connectivity index (χ4v) is 6.12. The van der Waals surface area contributed by atoms with Crippen LogP contribution in [0.3, 0.4) is 0 Å². The third kappa shape index (κ3) is 4.73. The number of aryl methyl sites for hydroxylation is 1. The van der Waals surface area contributed by atoms with Crippen molar-refractivity contribution in [3.63, 3.8) is 0 Å². The van der Waals surface area contributed by atoms with Gasteiger partial charge in [0.1, 0.15) is 17.3 Å². The topological polar surface area (TPSA) is 59.8 Å². The summed E-state index contributed by atoms with van der Waals surface area (Å²) in [6.07, 6.45) is 5.97. The zero-order valence-corrected chi connectivity index (χ0v) is 21.0. The molecule has 1 aromatic carbocycles. The normalized spacial score (nSPS) is 23.4. The molecule has 4 atom stereocenters. The van der Waals surface area contributed by atoms with E-state index in [4.69, 9.17) is 18.7 Å². The van der Waals surface area contributed by atoms with Crippen molar-refractivity contribution >= 4 is 0 Å². The summed E-state index contributed by atoms with van der Waals surface area (Å²) in [5, 5.41) is 4.87. The number of fused-ring (bicyclic) bond motifs is 3. The summed E-state index contributed by atoms with van der Waals surface area (Å²) in [6, 6.07) is 19.1. The van der Waals surface area contributed by atoms with Gasteiger partial charge in [0, 0.05) is 43.4 Å². The Morgan fingerprint density at radius 2 is 1.75 bits per heavy atom. The molecule has 0 aliphatic carbocycles. The molecule has 0 radical (unpaired) electrons. The monoisotopic (exact) mass is 486 g/mol. The molecule has 3 aliphatic heterocycles. The lowest BCUT2D eigenvalue weighted by Gasteiger charge is -2.50. The van der Waals surface area contributed by atoms with Crippen molar-refractivity contribution in [3.8, 4) is 17.0 Å². The van der Waals surface area contributed by atoms with Crippen LogP contribution in [0.4, 0.5) is 0 Å². The van der Waals surface area contributed by atoms with Gasteiger partial charge in [0.2, 0.25) is 0 Å². The number of hydrogen-bond acceptors (Lipinski definition) is 6. The third-order valence-electron chi connectivity index (χ3n) is 7.95. The van der Waals surface area contributed by atoms with E-state index in [1.165, 1.54) is 25.1 Å². The van der Waals surface area contributed by atoms with Crippen LogP contribution < -0.4 is 4.74 Å². The number of ether oxygens (including phenoxy) is 1. The lowest BCUT2D eigenvalue weighted by atomic mass is 9.74. The van der Waals surface area contributed by atoms with E-state index in [9.17, 15) is 0 Å². The van der Waals surface area contributed by atoms with E-state index in [2.05, 4.69) is 51.9 Å². The van der Waals surface area contributed by atoms with E-state index < -0.39 is 0 Å².